The van der Waals surface area contributed by atoms with E-state index in [9.17, 15) is 14.2 Å². The molecule has 0 amide bonds. The summed E-state index contributed by atoms with van der Waals surface area (Å²) < 4.78 is 22.2. The summed E-state index contributed by atoms with van der Waals surface area (Å²) in [5, 5.41) is 6.35. The Kier molecular flexibility index (Phi) is 10.3. The molecule has 0 unspecified atom stereocenters. The lowest BCUT2D eigenvalue weighted by molar-refractivity contribution is 0.112. The average Bonchev–Trinajstić information content (AvgIpc) is 2.23. The SMILES string of the molecule is Br.CCCCCN(C)CCC(O)(P(=O)(O)O)P(=O)(O)O. The van der Waals surface area contributed by atoms with Crippen LogP contribution in [0.2, 0.25) is 0 Å². The Labute approximate surface area is 129 Å². The van der Waals surface area contributed by atoms with Crippen molar-refractivity contribution in [3.8, 4) is 0 Å². The van der Waals surface area contributed by atoms with Gasteiger partial charge < -0.3 is 29.6 Å². The first kappa shape index (κ1) is 23.0. The van der Waals surface area contributed by atoms with Crippen molar-refractivity contribution < 1.29 is 33.8 Å². The molecule has 0 atom stereocenters. The van der Waals surface area contributed by atoms with E-state index in [2.05, 4.69) is 0 Å². The van der Waals surface area contributed by atoms with Gasteiger partial charge in [-0.15, -0.1) is 17.0 Å². The van der Waals surface area contributed by atoms with Crippen LogP contribution in [0.25, 0.3) is 0 Å². The number of unbranched alkanes of at least 4 members (excludes halogenated alkanes) is 2. The Bertz CT molecular complexity index is 347. The summed E-state index contributed by atoms with van der Waals surface area (Å²) in [4.78, 5) is 37.5. The summed E-state index contributed by atoms with van der Waals surface area (Å²) in [7, 11) is -9.00. The minimum Gasteiger partial charge on any atom is -0.367 e. The Balaban J connectivity index is 0. The number of hydrogen-bond acceptors (Lipinski definition) is 4. The number of halogens is 1. The second-order valence-electron chi connectivity index (χ2n) is 4.62. The highest BCUT2D eigenvalue weighted by atomic mass is 79.9. The number of aliphatic hydroxyl groups is 1. The fourth-order valence-electron chi connectivity index (χ4n) is 1.55. The maximum atomic E-state index is 11.1. The minimum atomic E-state index is -5.33. The van der Waals surface area contributed by atoms with Gasteiger partial charge in [-0.25, -0.2) is 0 Å². The molecule has 0 aliphatic carbocycles. The molecule has 0 radical (unpaired) electrons. The van der Waals surface area contributed by atoms with Crippen molar-refractivity contribution in [2.75, 3.05) is 20.1 Å². The number of rotatable bonds is 9. The first-order valence-electron chi connectivity index (χ1n) is 5.98. The van der Waals surface area contributed by atoms with Crippen LogP contribution < -0.4 is 0 Å². The molecule has 0 rings (SSSR count). The number of nitrogens with zero attached hydrogens (tertiary/aromatic N) is 1. The molecule has 0 saturated carbocycles. The third kappa shape index (κ3) is 6.64. The molecule has 0 saturated heterocycles. The largest absolute Gasteiger partial charge is 0.369 e. The molecule has 0 spiro atoms. The fraction of sp³-hybridized carbons (Fsp3) is 1.00. The molecule has 0 aliphatic heterocycles. The van der Waals surface area contributed by atoms with Crippen molar-refractivity contribution in [3.05, 3.63) is 0 Å². The maximum absolute atomic E-state index is 11.1. The first-order valence-corrected chi connectivity index (χ1v) is 9.20. The summed E-state index contributed by atoms with van der Waals surface area (Å²) >= 11 is 0. The van der Waals surface area contributed by atoms with Gasteiger partial charge in [-0.05, 0) is 20.0 Å². The molecule has 0 aromatic carbocycles. The van der Waals surface area contributed by atoms with Gasteiger partial charge in [0.05, 0.1) is 0 Å². The highest BCUT2D eigenvalue weighted by Crippen LogP contribution is 2.68. The average molecular weight is 400 g/mol. The summed E-state index contributed by atoms with van der Waals surface area (Å²) in [6.07, 6.45) is 2.19. The molecule has 0 bridgehead atoms. The van der Waals surface area contributed by atoms with E-state index >= 15 is 0 Å². The van der Waals surface area contributed by atoms with Crippen LogP contribution >= 0.6 is 32.2 Å². The summed E-state index contributed by atoms with van der Waals surface area (Å²) in [5.41, 5.74) is 0. The van der Waals surface area contributed by atoms with Crippen molar-refractivity contribution in [2.45, 2.75) is 37.7 Å². The molecule has 11 heteroatoms. The van der Waals surface area contributed by atoms with Crippen LogP contribution in [0.1, 0.15) is 32.6 Å². The minimum absolute atomic E-state index is 0. The summed E-state index contributed by atoms with van der Waals surface area (Å²) in [5.74, 6) is 0. The van der Waals surface area contributed by atoms with Gasteiger partial charge in [0.25, 0.3) is 5.08 Å². The van der Waals surface area contributed by atoms with E-state index in [1.807, 2.05) is 6.92 Å². The van der Waals surface area contributed by atoms with Crippen LogP contribution in [0.15, 0.2) is 0 Å². The van der Waals surface area contributed by atoms with Gasteiger partial charge in [0, 0.05) is 13.0 Å². The first-order chi connectivity index (χ1) is 8.45. The predicted octanol–water partition coefficient (Wildman–Crippen LogP) is 1.08. The highest BCUT2D eigenvalue weighted by molar-refractivity contribution is 8.93. The van der Waals surface area contributed by atoms with E-state index in [0.717, 1.165) is 19.3 Å². The van der Waals surface area contributed by atoms with Crippen molar-refractivity contribution in [1.29, 1.82) is 0 Å². The van der Waals surface area contributed by atoms with E-state index in [-0.39, 0.29) is 23.5 Å². The van der Waals surface area contributed by atoms with Gasteiger partial charge >= 0.3 is 15.2 Å². The lowest BCUT2D eigenvalue weighted by atomic mass is 10.2. The van der Waals surface area contributed by atoms with Gasteiger partial charge in [-0.1, -0.05) is 19.8 Å². The predicted molar refractivity (Wildman–Crippen MR) is 81.0 cm³/mol. The van der Waals surface area contributed by atoms with E-state index in [4.69, 9.17) is 19.6 Å². The number of hydrogen-bond donors (Lipinski definition) is 5. The molecule has 0 aliphatic rings. The molecule has 20 heavy (non-hydrogen) atoms. The van der Waals surface area contributed by atoms with Crippen LogP contribution in [0, 0.1) is 0 Å². The maximum Gasteiger partial charge on any atom is 0.369 e. The molecule has 0 fully saturated rings. The van der Waals surface area contributed by atoms with Crippen molar-refractivity contribution in [3.63, 3.8) is 0 Å². The normalized spacial score (nSPS) is 13.4. The highest BCUT2D eigenvalue weighted by Gasteiger charge is 2.58. The molecule has 0 aromatic heterocycles. The van der Waals surface area contributed by atoms with Crippen molar-refractivity contribution in [2.24, 2.45) is 0 Å². The molecular formula is C9H24BrNO7P2. The third-order valence-electron chi connectivity index (χ3n) is 2.91. The molecule has 0 heterocycles. The smallest absolute Gasteiger partial charge is 0.367 e. The Morgan fingerprint density at radius 2 is 1.45 bits per heavy atom. The molecule has 124 valence electrons. The monoisotopic (exact) mass is 399 g/mol. The quantitative estimate of drug-likeness (QED) is 0.286. The van der Waals surface area contributed by atoms with E-state index in [1.165, 1.54) is 0 Å². The van der Waals surface area contributed by atoms with Crippen molar-refractivity contribution >= 4 is 32.2 Å². The van der Waals surface area contributed by atoms with E-state index in [1.54, 1.807) is 11.9 Å². The van der Waals surface area contributed by atoms with Gasteiger partial charge in [-0.3, -0.25) is 9.13 Å². The van der Waals surface area contributed by atoms with Crippen molar-refractivity contribution in [1.82, 2.24) is 4.90 Å². The van der Waals surface area contributed by atoms with Crippen LogP contribution in [0.5, 0.6) is 0 Å². The summed E-state index contributed by atoms with van der Waals surface area (Å²) in [6, 6.07) is 0. The molecule has 0 aromatic rings. The lowest BCUT2D eigenvalue weighted by Gasteiger charge is -2.30. The summed E-state index contributed by atoms with van der Waals surface area (Å²) in [6.45, 7) is 2.64. The fourth-order valence-corrected chi connectivity index (χ4v) is 3.69. The molecule has 5 N–H and O–H groups in total. The third-order valence-corrected chi connectivity index (χ3v) is 6.78. The zero-order chi connectivity index (χ0) is 15.3. The van der Waals surface area contributed by atoms with E-state index < -0.39 is 26.7 Å². The Morgan fingerprint density at radius 1 is 1.00 bits per heavy atom. The van der Waals surface area contributed by atoms with Gasteiger partial charge in [-0.2, -0.15) is 0 Å². The lowest BCUT2D eigenvalue weighted by Crippen LogP contribution is -2.34. The zero-order valence-electron chi connectivity index (χ0n) is 11.5. The zero-order valence-corrected chi connectivity index (χ0v) is 15.0. The molecule has 8 nitrogen and oxygen atoms in total. The van der Waals surface area contributed by atoms with Crippen LogP contribution in [0.3, 0.4) is 0 Å². The Hall–Kier alpha value is 0.700. The van der Waals surface area contributed by atoms with Crippen LogP contribution in [0.4, 0.5) is 0 Å². The van der Waals surface area contributed by atoms with Gasteiger partial charge in [0.1, 0.15) is 0 Å². The molecular weight excluding hydrogens is 376 g/mol. The Morgan fingerprint density at radius 3 is 1.80 bits per heavy atom. The standard InChI is InChI=1S/C9H23NO7P2.BrH/c1-3-4-5-7-10(2)8-6-9(11,18(12,13)14)19(15,16)17;/h11H,3-8H2,1-2H3,(H2,12,13,14)(H2,15,16,17);1H. The topological polar surface area (TPSA) is 139 Å². The second kappa shape index (κ2) is 8.98. The van der Waals surface area contributed by atoms with Gasteiger partial charge in [0.2, 0.25) is 0 Å². The van der Waals surface area contributed by atoms with Crippen LogP contribution in [-0.4, -0.2) is 54.8 Å². The van der Waals surface area contributed by atoms with Crippen LogP contribution in [-0.2, 0) is 9.13 Å². The van der Waals surface area contributed by atoms with Gasteiger partial charge in [0.15, 0.2) is 0 Å². The second-order valence-corrected chi connectivity index (χ2v) is 8.63. The van der Waals surface area contributed by atoms with E-state index in [0.29, 0.717) is 6.54 Å².